The van der Waals surface area contributed by atoms with Crippen molar-refractivity contribution in [1.29, 1.82) is 0 Å². The van der Waals surface area contributed by atoms with Gasteiger partial charge in [0, 0.05) is 43.3 Å². The van der Waals surface area contributed by atoms with Gasteiger partial charge in [0.15, 0.2) is 0 Å². The van der Waals surface area contributed by atoms with E-state index in [1.165, 1.54) is 112 Å². The minimum absolute atomic E-state index is 0.00763. The molecule has 0 amide bonds. The maximum Gasteiger partial charge on any atom is 0.264 e. The lowest BCUT2D eigenvalue weighted by molar-refractivity contribution is 0.332. The van der Waals surface area contributed by atoms with Crippen LogP contribution in [0.4, 0.5) is 34.1 Å². The van der Waals surface area contributed by atoms with Crippen molar-refractivity contribution in [3.8, 4) is 0 Å². The van der Waals surface area contributed by atoms with Gasteiger partial charge in [0.2, 0.25) is 0 Å². The zero-order chi connectivity index (χ0) is 41.6. The van der Waals surface area contributed by atoms with Crippen LogP contribution in [0.3, 0.4) is 0 Å². The second kappa shape index (κ2) is 12.6. The Kier molecular flexibility index (Phi) is 8.53. The van der Waals surface area contributed by atoms with Crippen LogP contribution >= 0.6 is 11.3 Å². The van der Waals surface area contributed by atoms with Gasteiger partial charge < -0.3 is 9.80 Å². The summed E-state index contributed by atoms with van der Waals surface area (Å²) in [6.45, 7) is 35.6. The highest BCUT2D eigenvalue weighted by atomic mass is 32.1. The van der Waals surface area contributed by atoms with Crippen LogP contribution in [0.2, 0.25) is 0 Å². The highest BCUT2D eigenvalue weighted by Crippen LogP contribution is 2.52. The second-order valence-corrected chi connectivity index (χ2v) is 23.5. The zero-order valence-corrected chi connectivity index (χ0v) is 38.7. The topological polar surface area (TPSA) is 6.48 Å². The Morgan fingerprint density at radius 2 is 1.09 bits per heavy atom. The zero-order valence-electron chi connectivity index (χ0n) is 37.9. The average molecular weight is 783 g/mol. The smallest absolute Gasteiger partial charge is 0.264 e. The molecule has 3 heterocycles. The summed E-state index contributed by atoms with van der Waals surface area (Å²) in [4.78, 5) is 5.29. The van der Waals surface area contributed by atoms with Gasteiger partial charge in [0.25, 0.3) is 6.71 Å². The van der Waals surface area contributed by atoms with E-state index in [0.717, 1.165) is 0 Å². The molecule has 0 spiro atoms. The van der Waals surface area contributed by atoms with Crippen LogP contribution < -0.4 is 25.5 Å². The van der Waals surface area contributed by atoms with E-state index in [0.29, 0.717) is 0 Å². The van der Waals surface area contributed by atoms with Crippen LogP contribution in [-0.2, 0) is 27.1 Å². The maximum atomic E-state index is 2.66. The molecular weight excluding hydrogens is 719 g/mol. The van der Waals surface area contributed by atoms with Gasteiger partial charge in [-0.2, -0.15) is 0 Å². The molecule has 0 atom stereocenters. The SMILES string of the molecule is Cc1cc2c3c(c1)N(c1ccc(C(C)(C)C)cc1)c1c(sc4cc(C(C)(C)C)ccc14)B3c1cc(C(C)(C)C)ccc1N2c1cc2c(cc1C)C(C)(C)CCC2(C)C. The summed E-state index contributed by atoms with van der Waals surface area (Å²) in [5, 5.41) is 1.34. The molecule has 0 N–H and O–H groups in total. The van der Waals surface area contributed by atoms with E-state index in [2.05, 4.69) is 199 Å². The van der Waals surface area contributed by atoms with E-state index in [9.17, 15) is 0 Å². The molecule has 5 aromatic carbocycles. The first-order valence-electron chi connectivity index (χ1n) is 21.7. The molecule has 0 fully saturated rings. The third kappa shape index (κ3) is 6.02. The number of hydrogen-bond donors (Lipinski definition) is 0. The van der Waals surface area contributed by atoms with E-state index < -0.39 is 0 Å². The molecule has 6 aromatic rings. The lowest BCUT2D eigenvalue weighted by Gasteiger charge is -2.46. The molecule has 1 aliphatic carbocycles. The molecule has 0 bridgehead atoms. The Morgan fingerprint density at radius 3 is 1.69 bits per heavy atom. The lowest BCUT2D eigenvalue weighted by Crippen LogP contribution is -2.60. The number of nitrogens with zero attached hydrogens (tertiary/aromatic N) is 2. The Labute approximate surface area is 353 Å². The molecule has 298 valence electrons. The quantitative estimate of drug-likeness (QED) is 0.161. The first-order valence-corrected chi connectivity index (χ1v) is 22.5. The molecule has 0 saturated carbocycles. The predicted octanol–water partition coefficient (Wildman–Crippen LogP) is 13.8. The van der Waals surface area contributed by atoms with E-state index in [4.69, 9.17) is 0 Å². The Hall–Kier alpha value is -4.28. The van der Waals surface area contributed by atoms with Crippen LogP contribution in [0.1, 0.15) is 142 Å². The standard InChI is InChI=1S/C54H63BN2S/c1-32-26-44-47-45(27-32)57(43-31-40-39(28-33(43)2)53(12,13)24-25-54(40,14)15)42-23-19-35(51(6,7)8)29-41(42)55(47)49-48(38-22-18-36(52(9,10)11)30-46(38)58-49)56(44)37-20-16-34(17-21-37)50(3,4)5/h16-23,26-31H,24-25H2,1-15H3. The first-order chi connectivity index (χ1) is 27.0. The molecule has 3 aliphatic rings. The third-order valence-electron chi connectivity index (χ3n) is 13.9. The van der Waals surface area contributed by atoms with E-state index in [1.807, 2.05) is 11.3 Å². The normalized spacial score (nSPS) is 16.9. The van der Waals surface area contributed by atoms with Crippen LogP contribution in [0, 0.1) is 13.8 Å². The number of benzene rings is 5. The van der Waals surface area contributed by atoms with Gasteiger partial charge in [0.05, 0.1) is 5.69 Å². The largest absolute Gasteiger partial charge is 0.311 e. The molecule has 0 unspecified atom stereocenters. The number of hydrogen-bond acceptors (Lipinski definition) is 3. The van der Waals surface area contributed by atoms with Gasteiger partial charge in [0.1, 0.15) is 0 Å². The fourth-order valence-corrected chi connectivity index (χ4v) is 11.5. The number of anilines is 6. The minimum atomic E-state index is 0.00763. The summed E-state index contributed by atoms with van der Waals surface area (Å²) >= 11 is 2.01. The lowest BCUT2D eigenvalue weighted by atomic mass is 9.36. The van der Waals surface area contributed by atoms with Gasteiger partial charge >= 0.3 is 0 Å². The summed E-state index contributed by atoms with van der Waals surface area (Å²) in [5.41, 5.74) is 20.7. The summed E-state index contributed by atoms with van der Waals surface area (Å²) in [5.74, 6) is 0. The fourth-order valence-electron chi connectivity index (χ4n) is 10.1. The average Bonchev–Trinajstić information content (AvgIpc) is 3.51. The van der Waals surface area contributed by atoms with E-state index in [1.54, 1.807) is 0 Å². The van der Waals surface area contributed by atoms with Gasteiger partial charge in [-0.25, -0.2) is 0 Å². The van der Waals surface area contributed by atoms with Crippen molar-refractivity contribution in [3.63, 3.8) is 0 Å². The van der Waals surface area contributed by atoms with Gasteiger partial charge in [-0.1, -0.05) is 132 Å². The molecule has 58 heavy (non-hydrogen) atoms. The molecule has 9 rings (SSSR count). The minimum Gasteiger partial charge on any atom is -0.311 e. The molecule has 2 nitrogen and oxygen atoms in total. The van der Waals surface area contributed by atoms with Crippen LogP contribution in [-0.4, -0.2) is 6.71 Å². The Bertz CT molecular complexity index is 2650. The molecule has 1 aromatic heterocycles. The van der Waals surface area contributed by atoms with Crippen molar-refractivity contribution in [2.75, 3.05) is 9.80 Å². The molecule has 4 heteroatoms. The Morgan fingerprint density at radius 1 is 0.552 bits per heavy atom. The third-order valence-corrected chi connectivity index (χ3v) is 15.1. The van der Waals surface area contributed by atoms with Crippen molar-refractivity contribution in [3.05, 3.63) is 124 Å². The van der Waals surface area contributed by atoms with Crippen LogP contribution in [0.5, 0.6) is 0 Å². The summed E-state index contributed by atoms with van der Waals surface area (Å²) in [6.07, 6.45) is 2.40. The fraction of sp³-hybridized carbons (Fsp3) is 0.407. The summed E-state index contributed by atoms with van der Waals surface area (Å²) < 4.78 is 2.81. The highest BCUT2D eigenvalue weighted by Gasteiger charge is 2.47. The Balaban J connectivity index is 1.39. The molecule has 0 radical (unpaired) electrons. The first kappa shape index (κ1) is 39.2. The monoisotopic (exact) mass is 782 g/mol. The number of rotatable bonds is 2. The van der Waals surface area contributed by atoms with Crippen molar-refractivity contribution in [2.45, 2.75) is 144 Å². The maximum absolute atomic E-state index is 2.66. The van der Waals surface area contributed by atoms with Gasteiger partial charge in [-0.05, 0) is 146 Å². The number of aryl methyl sites for hydroxylation is 2. The number of fused-ring (bicyclic) bond motifs is 7. The van der Waals surface area contributed by atoms with E-state index >= 15 is 0 Å². The predicted molar refractivity (Wildman–Crippen MR) is 257 cm³/mol. The second-order valence-electron chi connectivity index (χ2n) is 22.4. The van der Waals surface area contributed by atoms with E-state index in [-0.39, 0.29) is 33.8 Å². The van der Waals surface area contributed by atoms with Crippen LogP contribution in [0.15, 0.2) is 84.9 Å². The molecular formula is C54H63BN2S. The molecule has 0 saturated heterocycles. The number of thiophene rings is 1. The van der Waals surface area contributed by atoms with Crippen molar-refractivity contribution in [1.82, 2.24) is 0 Å². The van der Waals surface area contributed by atoms with Crippen LogP contribution in [0.25, 0.3) is 10.1 Å². The van der Waals surface area contributed by atoms with Gasteiger partial charge in [-0.15, -0.1) is 11.3 Å². The van der Waals surface area contributed by atoms with Crippen molar-refractivity contribution >= 4 is 78.0 Å². The molecule has 2 aliphatic heterocycles. The highest BCUT2D eigenvalue weighted by molar-refractivity contribution is 7.33. The summed E-state index contributed by atoms with van der Waals surface area (Å²) in [7, 11) is 0. The van der Waals surface area contributed by atoms with Gasteiger partial charge in [-0.3, -0.25) is 0 Å². The summed E-state index contributed by atoms with van der Waals surface area (Å²) in [6, 6.07) is 34.3. The van der Waals surface area contributed by atoms with Crippen molar-refractivity contribution < 1.29 is 0 Å². The van der Waals surface area contributed by atoms with Crippen molar-refractivity contribution in [2.24, 2.45) is 0 Å².